The molecule has 1 fully saturated rings. The molecule has 1 aliphatic rings. The van der Waals surface area contributed by atoms with Gasteiger partial charge in [-0.3, -0.25) is 0 Å². The molecule has 1 aliphatic carbocycles. The molecule has 0 saturated heterocycles. The second-order valence-corrected chi connectivity index (χ2v) is 5.56. The van der Waals surface area contributed by atoms with Crippen LogP contribution < -0.4 is 5.32 Å². The van der Waals surface area contributed by atoms with E-state index in [9.17, 15) is 4.39 Å². The number of halogens is 1. The van der Waals surface area contributed by atoms with E-state index in [2.05, 4.69) is 18.3 Å². The molecule has 0 heterocycles. The van der Waals surface area contributed by atoms with Gasteiger partial charge in [0.15, 0.2) is 0 Å². The van der Waals surface area contributed by atoms with E-state index in [1.807, 2.05) is 6.92 Å². The molecule has 1 saturated carbocycles. The van der Waals surface area contributed by atoms with Crippen LogP contribution in [0.15, 0.2) is 18.2 Å². The molecule has 18 heavy (non-hydrogen) atoms. The summed E-state index contributed by atoms with van der Waals surface area (Å²) >= 11 is 0. The first-order chi connectivity index (χ1) is 8.69. The van der Waals surface area contributed by atoms with Gasteiger partial charge in [0.25, 0.3) is 0 Å². The van der Waals surface area contributed by atoms with E-state index >= 15 is 0 Å². The van der Waals surface area contributed by atoms with E-state index in [-0.39, 0.29) is 5.82 Å². The molecule has 2 rings (SSSR count). The second-order valence-electron chi connectivity index (χ2n) is 5.56. The van der Waals surface area contributed by atoms with Crippen LogP contribution >= 0.6 is 0 Å². The van der Waals surface area contributed by atoms with Crippen molar-refractivity contribution in [1.29, 1.82) is 0 Å². The Balaban J connectivity index is 2.11. The molecule has 0 bridgehead atoms. The van der Waals surface area contributed by atoms with Crippen molar-refractivity contribution >= 4 is 0 Å². The van der Waals surface area contributed by atoms with Gasteiger partial charge in [0, 0.05) is 6.04 Å². The summed E-state index contributed by atoms with van der Waals surface area (Å²) in [6.45, 7) is 5.02. The first-order valence-corrected chi connectivity index (χ1v) is 7.19. The Kier molecular flexibility index (Phi) is 4.76. The Morgan fingerprint density at radius 3 is 2.61 bits per heavy atom. The maximum absolute atomic E-state index is 13.5. The van der Waals surface area contributed by atoms with E-state index in [1.54, 1.807) is 12.1 Å². The first kappa shape index (κ1) is 13.5. The molecule has 1 N–H and O–H groups in total. The standard InChI is InChI=1S/C16H24FN/c1-3-18-16(10-13-6-4-5-7-13)14-8-12(2)9-15(17)11-14/h8-9,11,13,16,18H,3-7,10H2,1-2H3. The second kappa shape index (κ2) is 6.33. The Labute approximate surface area is 110 Å². The fourth-order valence-corrected chi connectivity index (χ4v) is 3.13. The maximum Gasteiger partial charge on any atom is 0.123 e. The Morgan fingerprint density at radius 1 is 1.28 bits per heavy atom. The van der Waals surface area contributed by atoms with Crippen LogP contribution in [0.5, 0.6) is 0 Å². The molecule has 0 amide bonds. The third-order valence-corrected chi connectivity index (χ3v) is 3.96. The van der Waals surface area contributed by atoms with Crippen LogP contribution in [-0.4, -0.2) is 6.54 Å². The Morgan fingerprint density at radius 2 is 2.00 bits per heavy atom. The van der Waals surface area contributed by atoms with Crippen LogP contribution in [0.1, 0.15) is 56.2 Å². The molecule has 1 atom stereocenters. The van der Waals surface area contributed by atoms with E-state index in [0.717, 1.165) is 30.0 Å². The minimum atomic E-state index is -0.112. The summed E-state index contributed by atoms with van der Waals surface area (Å²) in [5.74, 6) is 0.706. The minimum Gasteiger partial charge on any atom is -0.310 e. The lowest BCUT2D eigenvalue weighted by atomic mass is 9.92. The zero-order chi connectivity index (χ0) is 13.0. The zero-order valence-corrected chi connectivity index (χ0v) is 11.5. The summed E-state index contributed by atoms with van der Waals surface area (Å²) in [6, 6.07) is 5.72. The summed E-state index contributed by atoms with van der Waals surface area (Å²) in [7, 11) is 0. The Hall–Kier alpha value is -0.890. The smallest absolute Gasteiger partial charge is 0.123 e. The highest BCUT2D eigenvalue weighted by atomic mass is 19.1. The maximum atomic E-state index is 13.5. The molecule has 1 aromatic carbocycles. The van der Waals surface area contributed by atoms with Crippen molar-refractivity contribution in [2.45, 2.75) is 52.0 Å². The van der Waals surface area contributed by atoms with Gasteiger partial charge in [-0.05, 0) is 49.1 Å². The lowest BCUT2D eigenvalue weighted by Crippen LogP contribution is -2.23. The van der Waals surface area contributed by atoms with Crippen LogP contribution in [0.2, 0.25) is 0 Å². The monoisotopic (exact) mass is 249 g/mol. The fraction of sp³-hybridized carbons (Fsp3) is 0.625. The lowest BCUT2D eigenvalue weighted by molar-refractivity contribution is 0.399. The topological polar surface area (TPSA) is 12.0 Å². The number of hydrogen-bond acceptors (Lipinski definition) is 1. The summed E-state index contributed by atoms with van der Waals surface area (Å²) in [5.41, 5.74) is 2.13. The number of aryl methyl sites for hydroxylation is 1. The molecular weight excluding hydrogens is 225 g/mol. The number of hydrogen-bond donors (Lipinski definition) is 1. The number of benzene rings is 1. The van der Waals surface area contributed by atoms with E-state index in [4.69, 9.17) is 0 Å². The normalized spacial score (nSPS) is 18.2. The van der Waals surface area contributed by atoms with Crippen molar-refractivity contribution in [3.05, 3.63) is 35.1 Å². The van der Waals surface area contributed by atoms with Crippen molar-refractivity contribution in [2.75, 3.05) is 6.54 Å². The van der Waals surface area contributed by atoms with Gasteiger partial charge in [-0.2, -0.15) is 0 Å². The average Bonchev–Trinajstić information content (AvgIpc) is 2.80. The van der Waals surface area contributed by atoms with Gasteiger partial charge in [-0.1, -0.05) is 38.7 Å². The van der Waals surface area contributed by atoms with E-state index in [0.29, 0.717) is 6.04 Å². The molecule has 100 valence electrons. The highest BCUT2D eigenvalue weighted by Crippen LogP contribution is 2.33. The highest BCUT2D eigenvalue weighted by molar-refractivity contribution is 5.26. The van der Waals surface area contributed by atoms with Crippen LogP contribution in [0.25, 0.3) is 0 Å². The van der Waals surface area contributed by atoms with Crippen molar-refractivity contribution in [3.8, 4) is 0 Å². The van der Waals surface area contributed by atoms with Crippen LogP contribution in [0.4, 0.5) is 4.39 Å². The van der Waals surface area contributed by atoms with Crippen molar-refractivity contribution in [3.63, 3.8) is 0 Å². The molecule has 1 nitrogen and oxygen atoms in total. The number of nitrogens with one attached hydrogen (secondary N) is 1. The first-order valence-electron chi connectivity index (χ1n) is 7.19. The zero-order valence-electron chi connectivity index (χ0n) is 11.5. The van der Waals surface area contributed by atoms with Crippen molar-refractivity contribution in [2.24, 2.45) is 5.92 Å². The van der Waals surface area contributed by atoms with Crippen LogP contribution in [0, 0.1) is 18.7 Å². The third-order valence-electron chi connectivity index (χ3n) is 3.96. The summed E-state index contributed by atoms with van der Waals surface area (Å²) < 4.78 is 13.5. The highest BCUT2D eigenvalue weighted by Gasteiger charge is 2.21. The van der Waals surface area contributed by atoms with Gasteiger partial charge in [0.1, 0.15) is 5.82 Å². The molecule has 1 aromatic rings. The van der Waals surface area contributed by atoms with Gasteiger partial charge < -0.3 is 5.32 Å². The third kappa shape index (κ3) is 3.55. The van der Waals surface area contributed by atoms with Gasteiger partial charge in [0.2, 0.25) is 0 Å². The summed E-state index contributed by atoms with van der Waals surface area (Å²) in [5, 5.41) is 3.51. The molecule has 0 radical (unpaired) electrons. The lowest BCUT2D eigenvalue weighted by Gasteiger charge is -2.22. The summed E-state index contributed by atoms with van der Waals surface area (Å²) in [4.78, 5) is 0. The van der Waals surface area contributed by atoms with Crippen molar-refractivity contribution in [1.82, 2.24) is 5.32 Å². The summed E-state index contributed by atoms with van der Waals surface area (Å²) in [6.07, 6.45) is 6.57. The van der Waals surface area contributed by atoms with Gasteiger partial charge in [-0.15, -0.1) is 0 Å². The fourth-order valence-electron chi connectivity index (χ4n) is 3.13. The minimum absolute atomic E-state index is 0.112. The van der Waals surface area contributed by atoms with Gasteiger partial charge >= 0.3 is 0 Å². The predicted octanol–water partition coefficient (Wildman–Crippen LogP) is 4.37. The van der Waals surface area contributed by atoms with Crippen molar-refractivity contribution < 1.29 is 4.39 Å². The molecule has 2 heteroatoms. The van der Waals surface area contributed by atoms with E-state index in [1.165, 1.54) is 25.7 Å². The average molecular weight is 249 g/mol. The molecule has 0 aliphatic heterocycles. The van der Waals surface area contributed by atoms with Crippen LogP contribution in [-0.2, 0) is 0 Å². The number of rotatable bonds is 5. The molecule has 1 unspecified atom stereocenters. The SMILES string of the molecule is CCNC(CC1CCCC1)c1cc(C)cc(F)c1. The largest absolute Gasteiger partial charge is 0.310 e. The molecule has 0 spiro atoms. The van der Waals surface area contributed by atoms with Gasteiger partial charge in [-0.25, -0.2) is 4.39 Å². The van der Waals surface area contributed by atoms with E-state index < -0.39 is 0 Å². The molecular formula is C16H24FN. The molecule has 0 aromatic heterocycles. The van der Waals surface area contributed by atoms with Crippen LogP contribution in [0.3, 0.4) is 0 Å². The van der Waals surface area contributed by atoms with Gasteiger partial charge in [0.05, 0.1) is 0 Å². The predicted molar refractivity (Wildman–Crippen MR) is 74.1 cm³/mol. The quantitative estimate of drug-likeness (QED) is 0.817. The Bertz CT molecular complexity index is 362.